The van der Waals surface area contributed by atoms with Gasteiger partial charge in [0.15, 0.2) is 11.5 Å². The summed E-state index contributed by atoms with van der Waals surface area (Å²) in [5.41, 5.74) is 4.49. The number of nitrogens with zero attached hydrogens (tertiary/aromatic N) is 5. The van der Waals surface area contributed by atoms with Crippen LogP contribution in [0.15, 0.2) is 52.0 Å². The van der Waals surface area contributed by atoms with E-state index in [0.717, 1.165) is 37.2 Å². The Morgan fingerprint density at radius 2 is 1.84 bits per heavy atom. The third kappa shape index (κ3) is 5.21. The molecule has 0 radical (unpaired) electrons. The Hall–Kier alpha value is -3.40. The molecule has 0 unspecified atom stereocenters. The zero-order valence-corrected chi connectivity index (χ0v) is 18.5. The first-order valence-corrected chi connectivity index (χ1v) is 10.6. The quantitative estimate of drug-likeness (QED) is 0.339. The van der Waals surface area contributed by atoms with E-state index in [-0.39, 0.29) is 5.75 Å². The number of phenolic OH excluding ortho intramolecular Hbond substituents is 1. The largest absolute Gasteiger partial charge is 0.503 e. The number of ether oxygens (including phenoxy) is 1. The second-order valence-electron chi connectivity index (χ2n) is 6.89. The van der Waals surface area contributed by atoms with Crippen molar-refractivity contribution in [3.05, 3.63) is 52.5 Å². The van der Waals surface area contributed by atoms with Gasteiger partial charge in [0.05, 0.1) is 17.8 Å². The molecule has 1 saturated heterocycles. The van der Waals surface area contributed by atoms with Gasteiger partial charge in [0.25, 0.3) is 0 Å². The van der Waals surface area contributed by atoms with Crippen LogP contribution in [0.5, 0.6) is 11.5 Å². The number of hydrazone groups is 1. The molecule has 160 valence electrons. The van der Waals surface area contributed by atoms with Gasteiger partial charge in [-0.2, -0.15) is 20.1 Å². The number of rotatable bonds is 7. The molecule has 0 amide bonds. The van der Waals surface area contributed by atoms with E-state index in [1.54, 1.807) is 18.3 Å². The van der Waals surface area contributed by atoms with Crippen molar-refractivity contribution in [1.82, 2.24) is 15.0 Å². The maximum absolute atomic E-state index is 9.94. The summed E-state index contributed by atoms with van der Waals surface area (Å²) in [6.07, 6.45) is 3.83. The van der Waals surface area contributed by atoms with Crippen LogP contribution in [0.1, 0.15) is 18.4 Å². The second-order valence-corrected chi connectivity index (χ2v) is 7.75. The Morgan fingerprint density at radius 1 is 1.10 bits per heavy atom. The first-order chi connectivity index (χ1) is 15.1. The van der Waals surface area contributed by atoms with Crippen LogP contribution in [0, 0.1) is 0 Å². The third-order valence-electron chi connectivity index (χ3n) is 4.69. The van der Waals surface area contributed by atoms with Crippen LogP contribution < -0.4 is 20.4 Å². The van der Waals surface area contributed by atoms with Crippen molar-refractivity contribution in [1.29, 1.82) is 0 Å². The van der Waals surface area contributed by atoms with Gasteiger partial charge >= 0.3 is 0 Å². The molecular weight excluding hydrogens is 462 g/mol. The van der Waals surface area contributed by atoms with Crippen LogP contribution in [0.3, 0.4) is 0 Å². The lowest BCUT2D eigenvalue weighted by Crippen LogP contribution is -2.21. The number of para-hydroxylation sites is 1. The number of nitrogens with one attached hydrogen (secondary N) is 2. The molecule has 0 aliphatic carbocycles. The van der Waals surface area contributed by atoms with Gasteiger partial charge in [-0.05, 0) is 58.6 Å². The van der Waals surface area contributed by atoms with Crippen LogP contribution in [-0.2, 0) is 0 Å². The molecule has 1 aromatic heterocycles. The number of aromatic nitrogens is 3. The predicted octanol–water partition coefficient (Wildman–Crippen LogP) is 4.14. The summed E-state index contributed by atoms with van der Waals surface area (Å²) in [5, 5.41) is 17.4. The highest BCUT2D eigenvalue weighted by molar-refractivity contribution is 9.10. The number of aromatic hydroxyl groups is 1. The Balaban J connectivity index is 1.56. The van der Waals surface area contributed by atoms with Crippen LogP contribution >= 0.6 is 15.9 Å². The third-order valence-corrected chi connectivity index (χ3v) is 5.30. The molecule has 0 bridgehead atoms. The van der Waals surface area contributed by atoms with Crippen molar-refractivity contribution in [2.24, 2.45) is 5.10 Å². The molecule has 2 aromatic carbocycles. The van der Waals surface area contributed by atoms with E-state index in [9.17, 15) is 5.11 Å². The number of phenols is 1. The van der Waals surface area contributed by atoms with E-state index < -0.39 is 0 Å². The molecule has 1 aliphatic heterocycles. The molecule has 0 atom stereocenters. The Labute approximate surface area is 188 Å². The van der Waals surface area contributed by atoms with E-state index in [1.807, 2.05) is 30.3 Å². The fourth-order valence-corrected chi connectivity index (χ4v) is 3.63. The first kappa shape index (κ1) is 20.9. The number of methoxy groups -OCH3 is 1. The molecule has 31 heavy (non-hydrogen) atoms. The zero-order valence-electron chi connectivity index (χ0n) is 16.9. The Bertz CT molecular complexity index is 1070. The van der Waals surface area contributed by atoms with E-state index >= 15 is 0 Å². The number of anilines is 4. The van der Waals surface area contributed by atoms with Crippen molar-refractivity contribution in [2.45, 2.75) is 12.8 Å². The van der Waals surface area contributed by atoms with Crippen molar-refractivity contribution >= 4 is 45.7 Å². The lowest BCUT2D eigenvalue weighted by atomic mass is 10.2. The summed E-state index contributed by atoms with van der Waals surface area (Å²) >= 11 is 3.30. The summed E-state index contributed by atoms with van der Waals surface area (Å²) in [4.78, 5) is 15.7. The average molecular weight is 484 g/mol. The van der Waals surface area contributed by atoms with Gasteiger partial charge in [-0.15, -0.1) is 0 Å². The maximum atomic E-state index is 9.94. The van der Waals surface area contributed by atoms with Crippen molar-refractivity contribution in [2.75, 3.05) is 35.8 Å². The lowest BCUT2D eigenvalue weighted by Gasteiger charge is -2.16. The van der Waals surface area contributed by atoms with Crippen LogP contribution in [-0.4, -0.2) is 46.5 Å². The molecule has 3 aromatic rings. The summed E-state index contributed by atoms with van der Waals surface area (Å²) in [5.74, 6) is 1.77. The van der Waals surface area contributed by atoms with Gasteiger partial charge in [0.1, 0.15) is 0 Å². The minimum Gasteiger partial charge on any atom is -0.503 e. The molecule has 1 aliphatic rings. The van der Waals surface area contributed by atoms with Crippen LogP contribution in [0.2, 0.25) is 0 Å². The van der Waals surface area contributed by atoms with Gasteiger partial charge in [-0.1, -0.05) is 18.2 Å². The molecule has 9 nitrogen and oxygen atoms in total. The lowest BCUT2D eigenvalue weighted by molar-refractivity contribution is 0.372. The summed E-state index contributed by atoms with van der Waals surface area (Å²) in [6, 6.07) is 13.1. The van der Waals surface area contributed by atoms with E-state index in [0.29, 0.717) is 28.1 Å². The highest BCUT2D eigenvalue weighted by Gasteiger charge is 2.17. The van der Waals surface area contributed by atoms with E-state index in [2.05, 4.69) is 51.6 Å². The Morgan fingerprint density at radius 3 is 2.58 bits per heavy atom. The van der Waals surface area contributed by atoms with Gasteiger partial charge in [0, 0.05) is 18.8 Å². The van der Waals surface area contributed by atoms with Crippen LogP contribution in [0.4, 0.5) is 23.5 Å². The number of hydrogen-bond donors (Lipinski definition) is 3. The maximum Gasteiger partial charge on any atom is 0.250 e. The minimum atomic E-state index is 0.0389. The smallest absolute Gasteiger partial charge is 0.250 e. The van der Waals surface area contributed by atoms with Gasteiger partial charge in [-0.25, -0.2) is 5.43 Å². The molecule has 0 spiro atoms. The minimum absolute atomic E-state index is 0.0389. The highest BCUT2D eigenvalue weighted by atomic mass is 79.9. The van der Waals surface area contributed by atoms with E-state index in [4.69, 9.17) is 4.74 Å². The van der Waals surface area contributed by atoms with Crippen molar-refractivity contribution in [3.8, 4) is 11.5 Å². The SMILES string of the molecule is COc1cc(/C=N/Nc2nc(Nc3ccccc3)nc(N3CCCC3)n2)cc(Br)c1O. The molecule has 10 heteroatoms. The normalized spacial score (nSPS) is 13.5. The number of halogens is 1. The van der Waals surface area contributed by atoms with Crippen molar-refractivity contribution in [3.63, 3.8) is 0 Å². The van der Waals surface area contributed by atoms with Gasteiger partial charge < -0.3 is 20.1 Å². The molecule has 1 fully saturated rings. The summed E-state index contributed by atoms with van der Waals surface area (Å²) < 4.78 is 5.68. The monoisotopic (exact) mass is 483 g/mol. The zero-order chi connectivity index (χ0) is 21.6. The first-order valence-electron chi connectivity index (χ1n) is 9.81. The van der Waals surface area contributed by atoms with Gasteiger partial charge in [0.2, 0.25) is 17.8 Å². The van der Waals surface area contributed by atoms with Gasteiger partial charge in [-0.3, -0.25) is 0 Å². The Kier molecular flexibility index (Phi) is 6.46. The summed E-state index contributed by atoms with van der Waals surface area (Å²) in [7, 11) is 1.49. The average Bonchev–Trinajstić information content (AvgIpc) is 3.32. The van der Waals surface area contributed by atoms with Crippen LogP contribution in [0.25, 0.3) is 0 Å². The number of hydrogen-bond acceptors (Lipinski definition) is 9. The molecule has 2 heterocycles. The molecular formula is C21H22BrN7O2. The fraction of sp³-hybridized carbons (Fsp3) is 0.238. The second kappa shape index (κ2) is 9.61. The molecule has 4 rings (SSSR count). The van der Waals surface area contributed by atoms with E-state index in [1.165, 1.54) is 7.11 Å². The number of benzene rings is 2. The molecule has 0 saturated carbocycles. The fourth-order valence-electron chi connectivity index (χ4n) is 3.17. The predicted molar refractivity (Wildman–Crippen MR) is 125 cm³/mol. The highest BCUT2D eigenvalue weighted by Crippen LogP contribution is 2.34. The summed E-state index contributed by atoms with van der Waals surface area (Å²) in [6.45, 7) is 1.83. The van der Waals surface area contributed by atoms with Crippen molar-refractivity contribution < 1.29 is 9.84 Å². The molecule has 3 N–H and O–H groups in total. The standard InChI is InChI=1S/C21H22BrN7O2/c1-31-17-12-14(11-16(22)18(17)30)13-23-28-20-25-19(24-15-7-3-2-4-8-15)26-21(27-20)29-9-5-6-10-29/h2-4,7-8,11-13,30H,5-6,9-10H2,1H3,(H2,24,25,26,27,28)/b23-13+. The topological polar surface area (TPSA) is 108 Å².